The first kappa shape index (κ1) is 13.6. The Hall–Kier alpha value is -0.860. The third-order valence-electron chi connectivity index (χ3n) is 2.73. The molecule has 0 aromatic rings. The third-order valence-corrected chi connectivity index (χ3v) is 4.11. The Morgan fingerprint density at radius 3 is 2.83 bits per heavy atom. The van der Waals surface area contributed by atoms with Gasteiger partial charge in [-0.15, -0.1) is 0 Å². The van der Waals surface area contributed by atoms with E-state index in [1.165, 1.54) is 7.11 Å². The van der Waals surface area contributed by atoms with Crippen molar-refractivity contribution in [3.05, 3.63) is 20.8 Å². The van der Waals surface area contributed by atoms with Gasteiger partial charge < -0.3 is 19.8 Å². The lowest BCUT2D eigenvalue weighted by Gasteiger charge is -2.33. The van der Waals surface area contributed by atoms with Crippen molar-refractivity contribution in [2.75, 3.05) is 7.11 Å². The molecule has 8 heteroatoms. The number of aliphatic hydroxyl groups excluding tert-OH is 1. The Morgan fingerprint density at radius 1 is 1.67 bits per heavy atom. The summed E-state index contributed by atoms with van der Waals surface area (Å²) in [5.41, 5.74) is -1.35. The molecule has 0 amide bonds. The molecule has 6 nitrogen and oxygen atoms in total. The third kappa shape index (κ3) is 1.98. The molecule has 2 atom stereocenters. The van der Waals surface area contributed by atoms with Gasteiger partial charge >= 0.3 is 5.97 Å². The first-order valence-electron chi connectivity index (χ1n) is 4.90. The van der Waals surface area contributed by atoms with Crippen LogP contribution in [0, 0.1) is 0 Å². The van der Waals surface area contributed by atoms with Crippen LogP contribution in [-0.2, 0) is 14.4 Å². The van der Waals surface area contributed by atoms with Crippen molar-refractivity contribution in [3.63, 3.8) is 0 Å². The number of hydrogen-bond acceptors (Lipinski definition) is 5. The van der Waals surface area contributed by atoms with Crippen LogP contribution in [0.1, 0.15) is 6.42 Å². The highest BCUT2D eigenvalue weighted by molar-refractivity contribution is 9.12. The zero-order valence-corrected chi connectivity index (χ0v) is 12.4. The smallest absolute Gasteiger partial charge is 0.353 e. The average molecular weight is 383 g/mol. The molecule has 0 bridgehead atoms. The summed E-state index contributed by atoms with van der Waals surface area (Å²) in [4.78, 5) is 16.0. The van der Waals surface area contributed by atoms with Crippen molar-refractivity contribution >= 4 is 43.5 Å². The summed E-state index contributed by atoms with van der Waals surface area (Å²) in [6.07, 6.45) is 0.445. The van der Waals surface area contributed by atoms with E-state index in [2.05, 4.69) is 37.0 Å². The molecule has 98 valence electrons. The summed E-state index contributed by atoms with van der Waals surface area (Å²) in [7, 11) is 1.46. The van der Waals surface area contributed by atoms with E-state index in [9.17, 15) is 9.90 Å². The summed E-state index contributed by atoms with van der Waals surface area (Å²) in [6, 6.07) is 0. The fraction of sp³-hybridized carbons (Fsp3) is 0.400. The number of allylic oxidation sites excluding steroid dienone is 1. The lowest BCUT2D eigenvalue weighted by Crippen LogP contribution is -2.44. The summed E-state index contributed by atoms with van der Waals surface area (Å²) in [6.45, 7) is 0. The van der Waals surface area contributed by atoms with E-state index in [1.54, 1.807) is 6.08 Å². The minimum absolute atomic E-state index is 0.0231. The number of ether oxygens (including phenoxy) is 1. The van der Waals surface area contributed by atoms with E-state index in [0.29, 0.717) is 14.7 Å². The number of aliphatic carboxylic acids is 1. The number of oxime groups is 1. The molecular formula is C10H9Br2NO5. The monoisotopic (exact) mass is 381 g/mol. The second-order valence-corrected chi connectivity index (χ2v) is 5.55. The van der Waals surface area contributed by atoms with Crippen LogP contribution < -0.4 is 0 Å². The standard InChI is InChI=1S/C10H9Br2NO5/c1-17-7-4(11)2-10(8(14)6(7)12)3-5(9(15)16)13-18-10/h2,8,14H,3H2,1H3,(H,15,16)/t8-,10+/m0/s1. The number of rotatable bonds is 2. The van der Waals surface area contributed by atoms with Crippen LogP contribution in [-0.4, -0.2) is 40.7 Å². The van der Waals surface area contributed by atoms with Gasteiger partial charge in [0.15, 0.2) is 11.3 Å². The Morgan fingerprint density at radius 2 is 2.33 bits per heavy atom. The van der Waals surface area contributed by atoms with Crippen LogP contribution in [0.15, 0.2) is 26.0 Å². The Bertz CT molecular complexity index is 498. The van der Waals surface area contributed by atoms with Crippen LogP contribution in [0.25, 0.3) is 0 Å². The maximum absolute atomic E-state index is 10.8. The fourth-order valence-electron chi connectivity index (χ4n) is 1.81. The number of aliphatic hydroxyl groups is 1. The van der Waals surface area contributed by atoms with Gasteiger partial charge in [0, 0.05) is 6.42 Å². The SMILES string of the molecule is COC1=C(Br)[C@H](O)[C@@]2(C=C1Br)CC(C(=O)O)=NO2. The molecule has 0 unspecified atom stereocenters. The first-order chi connectivity index (χ1) is 8.41. The van der Waals surface area contributed by atoms with Gasteiger partial charge in [-0.3, -0.25) is 0 Å². The normalized spacial score (nSPS) is 31.0. The van der Waals surface area contributed by atoms with E-state index in [1.807, 2.05) is 0 Å². The van der Waals surface area contributed by atoms with Crippen LogP contribution in [0.3, 0.4) is 0 Å². The summed E-state index contributed by atoms with van der Waals surface area (Å²) in [5, 5.41) is 22.6. The van der Waals surface area contributed by atoms with Crippen LogP contribution >= 0.6 is 31.9 Å². The van der Waals surface area contributed by atoms with Crippen molar-refractivity contribution in [1.82, 2.24) is 0 Å². The van der Waals surface area contributed by atoms with Gasteiger partial charge in [0.05, 0.1) is 16.1 Å². The molecule has 0 saturated carbocycles. The summed E-state index contributed by atoms with van der Waals surface area (Å²) < 4.78 is 6.05. The van der Waals surface area contributed by atoms with Crippen molar-refractivity contribution in [2.24, 2.45) is 5.16 Å². The van der Waals surface area contributed by atoms with Crippen molar-refractivity contribution in [2.45, 2.75) is 18.1 Å². The molecule has 1 heterocycles. The number of nitrogens with zero attached hydrogens (tertiary/aromatic N) is 1. The molecule has 0 aromatic carbocycles. The van der Waals surface area contributed by atoms with Crippen molar-refractivity contribution in [1.29, 1.82) is 0 Å². The highest BCUT2D eigenvalue weighted by Gasteiger charge is 2.50. The lowest BCUT2D eigenvalue weighted by molar-refractivity contribution is -0.129. The number of hydrogen-bond donors (Lipinski definition) is 2. The van der Waals surface area contributed by atoms with E-state index in [0.717, 1.165) is 0 Å². The van der Waals surface area contributed by atoms with Gasteiger partial charge in [-0.2, -0.15) is 0 Å². The zero-order valence-electron chi connectivity index (χ0n) is 9.18. The maximum atomic E-state index is 10.8. The maximum Gasteiger partial charge on any atom is 0.353 e. The summed E-state index contributed by atoms with van der Waals surface area (Å²) >= 11 is 6.50. The van der Waals surface area contributed by atoms with Crippen LogP contribution in [0.5, 0.6) is 0 Å². The molecule has 0 aromatic heterocycles. The molecule has 2 rings (SSSR count). The average Bonchev–Trinajstić information content (AvgIpc) is 2.72. The van der Waals surface area contributed by atoms with Gasteiger partial charge in [0.1, 0.15) is 11.9 Å². The molecule has 2 N–H and O–H groups in total. The number of carbonyl (C=O) groups is 1. The molecule has 1 spiro atoms. The second kappa shape index (κ2) is 4.67. The number of carboxylic acid groups (broad SMARTS) is 1. The van der Waals surface area contributed by atoms with Gasteiger partial charge in [0.2, 0.25) is 0 Å². The van der Waals surface area contributed by atoms with Gasteiger partial charge in [-0.05, 0) is 37.9 Å². The largest absolute Gasteiger partial charge is 0.495 e. The van der Waals surface area contributed by atoms with Crippen LogP contribution in [0.4, 0.5) is 0 Å². The molecule has 1 aliphatic heterocycles. The number of halogens is 2. The highest BCUT2D eigenvalue weighted by atomic mass is 79.9. The fourth-order valence-corrected chi connectivity index (χ4v) is 3.60. The lowest BCUT2D eigenvalue weighted by atomic mass is 9.87. The topological polar surface area (TPSA) is 88.4 Å². The predicted molar refractivity (Wildman–Crippen MR) is 69.5 cm³/mol. The Labute approximate surface area is 119 Å². The predicted octanol–water partition coefficient (Wildman–Crippen LogP) is 1.49. The van der Waals surface area contributed by atoms with Crippen molar-refractivity contribution < 1.29 is 24.6 Å². The first-order valence-corrected chi connectivity index (χ1v) is 6.48. The minimum Gasteiger partial charge on any atom is -0.495 e. The zero-order chi connectivity index (χ0) is 13.5. The molecule has 0 radical (unpaired) electrons. The van der Waals surface area contributed by atoms with E-state index >= 15 is 0 Å². The molecular weight excluding hydrogens is 374 g/mol. The van der Waals surface area contributed by atoms with Crippen molar-refractivity contribution in [3.8, 4) is 0 Å². The number of carboxylic acids is 1. The van der Waals surface area contributed by atoms with Gasteiger partial charge in [-0.1, -0.05) is 5.16 Å². The summed E-state index contributed by atoms with van der Waals surface area (Å²) in [5.74, 6) is -0.735. The molecule has 1 aliphatic carbocycles. The molecule has 2 aliphatic rings. The Balaban J connectivity index is 2.35. The second-order valence-electron chi connectivity index (χ2n) is 3.84. The van der Waals surface area contributed by atoms with Gasteiger partial charge in [-0.25, -0.2) is 4.79 Å². The minimum atomic E-state index is -1.21. The van der Waals surface area contributed by atoms with E-state index in [-0.39, 0.29) is 12.1 Å². The van der Waals surface area contributed by atoms with E-state index < -0.39 is 17.7 Å². The van der Waals surface area contributed by atoms with Crippen LogP contribution in [0.2, 0.25) is 0 Å². The molecule has 0 saturated heterocycles. The van der Waals surface area contributed by atoms with Gasteiger partial charge in [0.25, 0.3) is 0 Å². The quantitative estimate of drug-likeness (QED) is 0.755. The number of methoxy groups -OCH3 is 1. The molecule has 18 heavy (non-hydrogen) atoms. The van der Waals surface area contributed by atoms with E-state index in [4.69, 9.17) is 14.7 Å². The Kier molecular flexibility index (Phi) is 3.52. The highest BCUT2D eigenvalue weighted by Crippen LogP contribution is 2.43. The molecule has 0 fully saturated rings.